The Bertz CT molecular complexity index is 1210. The van der Waals surface area contributed by atoms with E-state index in [1.807, 2.05) is 28.5 Å². The first-order chi connectivity index (χ1) is 16.8. The molecule has 1 N–H and O–H groups in total. The van der Waals surface area contributed by atoms with Crippen LogP contribution >= 0.6 is 11.8 Å². The van der Waals surface area contributed by atoms with Gasteiger partial charge in [-0.15, -0.1) is 0 Å². The van der Waals surface area contributed by atoms with Crippen molar-refractivity contribution < 1.29 is 18.7 Å². The molecule has 9 heteroatoms. The highest BCUT2D eigenvalue weighted by Gasteiger charge is 2.41. The number of allylic oxidation sites excluding steroid dienone is 1. The average Bonchev–Trinajstić information content (AvgIpc) is 3.20. The molecule has 1 aromatic carbocycles. The lowest BCUT2D eigenvalue weighted by molar-refractivity contribution is -0.143. The van der Waals surface area contributed by atoms with Gasteiger partial charge in [-0.3, -0.25) is 9.78 Å². The molecule has 35 heavy (non-hydrogen) atoms. The maximum atomic E-state index is 14.2. The molecular formula is C26H27FN4O3S. The van der Waals surface area contributed by atoms with Gasteiger partial charge >= 0.3 is 5.97 Å². The molecule has 0 saturated carbocycles. The molecule has 2 aromatic rings. The molecule has 1 amide bonds. The largest absolute Gasteiger partial charge is 0.459 e. The van der Waals surface area contributed by atoms with E-state index in [1.54, 1.807) is 39.1 Å². The number of ether oxygens (including phenoxy) is 1. The molecule has 3 heterocycles. The third-order valence-electron chi connectivity index (χ3n) is 5.50. The van der Waals surface area contributed by atoms with E-state index in [9.17, 15) is 14.0 Å². The summed E-state index contributed by atoms with van der Waals surface area (Å²) in [6, 6.07) is 11.1. The first kappa shape index (κ1) is 24.7. The van der Waals surface area contributed by atoms with Crippen molar-refractivity contribution in [1.82, 2.24) is 15.2 Å². The Labute approximate surface area is 208 Å². The highest BCUT2D eigenvalue weighted by atomic mass is 32.2. The van der Waals surface area contributed by atoms with Crippen LogP contribution in [-0.2, 0) is 20.7 Å². The van der Waals surface area contributed by atoms with Crippen molar-refractivity contribution in [2.75, 3.05) is 6.54 Å². The summed E-state index contributed by atoms with van der Waals surface area (Å²) in [6.07, 6.45) is 2.11. The van der Waals surface area contributed by atoms with Gasteiger partial charge in [-0.2, -0.15) is 0 Å². The van der Waals surface area contributed by atoms with Gasteiger partial charge < -0.3 is 15.0 Å². The fourth-order valence-electron chi connectivity index (χ4n) is 4.00. The number of amides is 1. The second-order valence-corrected chi connectivity index (χ2v) is 9.34. The summed E-state index contributed by atoms with van der Waals surface area (Å²) in [4.78, 5) is 36.6. The van der Waals surface area contributed by atoms with Crippen LogP contribution in [0.1, 0.15) is 44.5 Å². The molecule has 2 aliphatic rings. The maximum Gasteiger partial charge on any atom is 0.338 e. The first-order valence-electron chi connectivity index (χ1n) is 11.4. The Hall–Kier alpha value is -3.46. The van der Waals surface area contributed by atoms with Crippen molar-refractivity contribution in [2.24, 2.45) is 4.99 Å². The van der Waals surface area contributed by atoms with Crippen LogP contribution in [0.2, 0.25) is 0 Å². The Kier molecular flexibility index (Phi) is 7.65. The van der Waals surface area contributed by atoms with Crippen molar-refractivity contribution in [3.63, 3.8) is 0 Å². The molecule has 0 fully saturated rings. The summed E-state index contributed by atoms with van der Waals surface area (Å²) in [5.41, 5.74) is 3.00. The summed E-state index contributed by atoms with van der Waals surface area (Å²) < 4.78 is 19.7. The standard InChI is InChI=1S/C26H27FN4O3S/c1-16(2)34-25(33)23-17(3)30-26-31(24(23)18-7-6-8-19(27)13-18)21(15-35-26)14-22(32)29-12-10-20-9-4-5-11-28-20/h4-9,11,13,15-16,24H,10,12,14H2,1-3H3,(H,29,32)/t24-/m1/s1. The average molecular weight is 495 g/mol. The third kappa shape index (κ3) is 5.79. The Morgan fingerprint density at radius 2 is 2.06 bits per heavy atom. The lowest BCUT2D eigenvalue weighted by Gasteiger charge is -2.36. The highest BCUT2D eigenvalue weighted by molar-refractivity contribution is 8.16. The number of halogens is 1. The topological polar surface area (TPSA) is 83.9 Å². The van der Waals surface area contributed by atoms with E-state index in [4.69, 9.17) is 4.74 Å². The summed E-state index contributed by atoms with van der Waals surface area (Å²) in [5.74, 6) is -1.08. The smallest absolute Gasteiger partial charge is 0.338 e. The number of carbonyl (C=O) groups excluding carboxylic acids is 2. The zero-order chi connectivity index (χ0) is 24.9. The van der Waals surface area contributed by atoms with Gasteiger partial charge in [0.05, 0.1) is 29.8 Å². The summed E-state index contributed by atoms with van der Waals surface area (Å²) in [6.45, 7) is 5.75. The predicted molar refractivity (Wildman–Crippen MR) is 134 cm³/mol. The molecule has 2 aliphatic heterocycles. The Morgan fingerprint density at radius 1 is 1.23 bits per heavy atom. The Morgan fingerprint density at radius 3 is 2.77 bits per heavy atom. The number of nitrogens with one attached hydrogen (secondary N) is 1. The number of pyridine rings is 1. The number of aliphatic imine (C=N–C) groups is 1. The van der Waals surface area contributed by atoms with Crippen LogP contribution in [0.25, 0.3) is 0 Å². The van der Waals surface area contributed by atoms with E-state index in [0.29, 0.717) is 40.7 Å². The van der Waals surface area contributed by atoms with Crippen molar-refractivity contribution in [2.45, 2.75) is 45.8 Å². The van der Waals surface area contributed by atoms with Gasteiger partial charge in [-0.1, -0.05) is 30.0 Å². The number of thioether (sulfide) groups is 1. The van der Waals surface area contributed by atoms with Gasteiger partial charge in [-0.05, 0) is 56.0 Å². The van der Waals surface area contributed by atoms with E-state index >= 15 is 0 Å². The molecule has 1 aromatic heterocycles. The van der Waals surface area contributed by atoms with Crippen molar-refractivity contribution in [3.05, 3.63) is 88.1 Å². The van der Waals surface area contributed by atoms with Crippen LogP contribution in [0, 0.1) is 5.82 Å². The van der Waals surface area contributed by atoms with Crippen molar-refractivity contribution in [1.29, 1.82) is 0 Å². The van der Waals surface area contributed by atoms with Crippen LogP contribution in [0.3, 0.4) is 0 Å². The first-order valence-corrected chi connectivity index (χ1v) is 12.3. The second-order valence-electron chi connectivity index (χ2n) is 8.50. The minimum Gasteiger partial charge on any atom is -0.459 e. The molecule has 0 radical (unpaired) electrons. The molecular weight excluding hydrogens is 467 g/mol. The normalized spacial score (nSPS) is 17.2. The maximum absolute atomic E-state index is 14.2. The monoisotopic (exact) mass is 494 g/mol. The number of benzene rings is 1. The number of nitrogens with zero attached hydrogens (tertiary/aromatic N) is 3. The number of carbonyl (C=O) groups is 2. The summed E-state index contributed by atoms with van der Waals surface area (Å²) in [5, 5.41) is 5.42. The van der Waals surface area contributed by atoms with Crippen molar-refractivity contribution >= 4 is 28.8 Å². The van der Waals surface area contributed by atoms with Gasteiger partial charge in [0.1, 0.15) is 5.82 Å². The molecule has 4 rings (SSSR count). The quantitative estimate of drug-likeness (QED) is 0.544. The molecule has 0 saturated heterocycles. The van der Waals surface area contributed by atoms with Crippen LogP contribution in [0.5, 0.6) is 0 Å². The molecule has 0 aliphatic carbocycles. The summed E-state index contributed by atoms with van der Waals surface area (Å²) >= 11 is 1.37. The number of hydrogen-bond donors (Lipinski definition) is 1. The van der Waals surface area contributed by atoms with Crippen LogP contribution in [0.15, 0.2) is 76.0 Å². The number of amidine groups is 1. The lowest BCUT2D eigenvalue weighted by atomic mass is 9.93. The van der Waals surface area contributed by atoms with Gasteiger partial charge in [0, 0.05) is 30.6 Å². The minimum atomic E-state index is -0.660. The van der Waals surface area contributed by atoms with E-state index in [1.165, 1.54) is 23.9 Å². The van der Waals surface area contributed by atoms with E-state index in [-0.39, 0.29) is 18.4 Å². The van der Waals surface area contributed by atoms with E-state index in [0.717, 1.165) is 5.69 Å². The second kappa shape index (κ2) is 10.9. The number of fused-ring (bicyclic) bond motifs is 1. The zero-order valence-corrected chi connectivity index (χ0v) is 20.6. The molecule has 7 nitrogen and oxygen atoms in total. The van der Waals surface area contributed by atoms with E-state index in [2.05, 4.69) is 15.3 Å². The van der Waals surface area contributed by atoms with E-state index < -0.39 is 17.8 Å². The predicted octanol–water partition coefficient (Wildman–Crippen LogP) is 4.50. The molecule has 0 bridgehead atoms. The lowest BCUT2D eigenvalue weighted by Crippen LogP contribution is -2.38. The zero-order valence-electron chi connectivity index (χ0n) is 19.8. The third-order valence-corrected chi connectivity index (χ3v) is 6.39. The fraction of sp³-hybridized carbons (Fsp3) is 0.308. The highest BCUT2D eigenvalue weighted by Crippen LogP contribution is 2.45. The molecule has 0 spiro atoms. The SMILES string of the molecule is CC1=C(C(=O)OC(C)C)[C@@H](c2cccc(F)c2)N2C(CC(=O)NCCc3ccccn3)=CSC2=N1. The number of aromatic nitrogens is 1. The summed E-state index contributed by atoms with van der Waals surface area (Å²) in [7, 11) is 0. The van der Waals surface area contributed by atoms with Crippen molar-refractivity contribution in [3.8, 4) is 0 Å². The van der Waals surface area contributed by atoms with Crippen LogP contribution in [0.4, 0.5) is 4.39 Å². The number of esters is 1. The van der Waals surface area contributed by atoms with Gasteiger partial charge in [0.2, 0.25) is 5.91 Å². The van der Waals surface area contributed by atoms with Gasteiger partial charge in [0.25, 0.3) is 0 Å². The van der Waals surface area contributed by atoms with Gasteiger partial charge in [-0.25, -0.2) is 14.2 Å². The molecule has 182 valence electrons. The van der Waals surface area contributed by atoms with Crippen LogP contribution in [-0.4, -0.2) is 39.6 Å². The number of hydrogen-bond acceptors (Lipinski definition) is 7. The van der Waals surface area contributed by atoms with Gasteiger partial charge in [0.15, 0.2) is 5.17 Å². The minimum absolute atomic E-state index is 0.0889. The number of rotatable bonds is 8. The molecule has 1 atom stereocenters. The fourth-order valence-corrected chi connectivity index (χ4v) is 4.97. The molecule has 0 unspecified atom stereocenters. The Balaban J connectivity index is 1.56. The van der Waals surface area contributed by atoms with Crippen LogP contribution < -0.4 is 5.32 Å².